The zero-order chi connectivity index (χ0) is 16.2. The van der Waals surface area contributed by atoms with Gasteiger partial charge in [-0.15, -0.1) is 0 Å². The number of hydrogen-bond donors (Lipinski definition) is 3. The van der Waals surface area contributed by atoms with E-state index in [1.165, 1.54) is 0 Å². The van der Waals surface area contributed by atoms with Gasteiger partial charge in [0.1, 0.15) is 0 Å². The highest BCUT2D eigenvalue weighted by molar-refractivity contribution is 6.33. The van der Waals surface area contributed by atoms with Gasteiger partial charge in [-0.3, -0.25) is 9.59 Å². The van der Waals surface area contributed by atoms with Gasteiger partial charge in [0.25, 0.3) is 0 Å². The molecule has 0 saturated carbocycles. The largest absolute Gasteiger partial charge is 0.381 e. The molecule has 2 amide bonds. The Bertz CT molecular complexity index is 571. The Morgan fingerprint density at radius 2 is 2.05 bits per heavy atom. The van der Waals surface area contributed by atoms with E-state index in [1.54, 1.807) is 12.1 Å². The standard InChI is InChI=1S/C15H20ClN3O3/c1-10-2-3-12(11(16)8-10)19-13(20)9-18-14(21)15(17)4-6-22-7-5-15/h2-3,8H,4-7,9,17H2,1H3,(H,18,21)(H,19,20). The maximum Gasteiger partial charge on any atom is 0.243 e. The number of benzene rings is 1. The zero-order valence-electron chi connectivity index (χ0n) is 12.4. The number of nitrogens with one attached hydrogen (secondary N) is 2. The maximum absolute atomic E-state index is 12.1. The summed E-state index contributed by atoms with van der Waals surface area (Å²) in [4.78, 5) is 24.0. The van der Waals surface area contributed by atoms with Gasteiger partial charge < -0.3 is 21.1 Å². The third-order valence-corrected chi connectivity index (χ3v) is 3.96. The number of amides is 2. The first kappa shape index (κ1) is 16.7. The van der Waals surface area contributed by atoms with Crippen LogP contribution in [0.5, 0.6) is 0 Å². The molecule has 1 aromatic carbocycles. The van der Waals surface area contributed by atoms with Gasteiger partial charge in [-0.05, 0) is 37.5 Å². The second-order valence-electron chi connectivity index (χ2n) is 5.48. The molecule has 0 aliphatic carbocycles. The van der Waals surface area contributed by atoms with Crippen molar-refractivity contribution >= 4 is 29.1 Å². The first-order chi connectivity index (χ1) is 10.4. The second kappa shape index (κ2) is 7.09. The van der Waals surface area contributed by atoms with Gasteiger partial charge in [-0.1, -0.05) is 17.7 Å². The summed E-state index contributed by atoms with van der Waals surface area (Å²) in [5.41, 5.74) is 6.59. The van der Waals surface area contributed by atoms with Crippen LogP contribution in [-0.2, 0) is 14.3 Å². The number of aryl methyl sites for hydroxylation is 1. The molecule has 0 spiro atoms. The Kier molecular flexibility index (Phi) is 5.39. The van der Waals surface area contributed by atoms with Crippen molar-refractivity contribution in [3.8, 4) is 0 Å². The number of ether oxygens (including phenoxy) is 1. The molecule has 22 heavy (non-hydrogen) atoms. The van der Waals surface area contributed by atoms with Gasteiger partial charge in [0.15, 0.2) is 0 Å². The van der Waals surface area contributed by atoms with Crippen LogP contribution in [0.25, 0.3) is 0 Å². The summed E-state index contributed by atoms with van der Waals surface area (Å²) in [5.74, 6) is -0.685. The second-order valence-corrected chi connectivity index (χ2v) is 5.89. The Labute approximate surface area is 134 Å². The molecule has 0 aromatic heterocycles. The van der Waals surface area contributed by atoms with E-state index in [0.29, 0.717) is 36.8 Å². The van der Waals surface area contributed by atoms with E-state index in [4.69, 9.17) is 22.1 Å². The fourth-order valence-electron chi connectivity index (χ4n) is 2.22. The van der Waals surface area contributed by atoms with Crippen LogP contribution in [0.2, 0.25) is 5.02 Å². The Balaban J connectivity index is 1.86. The highest BCUT2D eigenvalue weighted by atomic mass is 35.5. The van der Waals surface area contributed by atoms with Crippen LogP contribution in [0.15, 0.2) is 18.2 Å². The monoisotopic (exact) mass is 325 g/mol. The molecule has 0 bridgehead atoms. The lowest BCUT2D eigenvalue weighted by molar-refractivity contribution is -0.131. The van der Waals surface area contributed by atoms with Gasteiger partial charge in [-0.25, -0.2) is 0 Å². The normalized spacial score (nSPS) is 16.9. The summed E-state index contributed by atoms with van der Waals surface area (Å²) in [6.07, 6.45) is 0.897. The predicted molar refractivity (Wildman–Crippen MR) is 84.8 cm³/mol. The molecule has 1 aliphatic heterocycles. The molecule has 120 valence electrons. The smallest absolute Gasteiger partial charge is 0.243 e. The highest BCUT2D eigenvalue weighted by Gasteiger charge is 2.35. The lowest BCUT2D eigenvalue weighted by Gasteiger charge is -2.31. The van der Waals surface area contributed by atoms with E-state index in [-0.39, 0.29) is 18.4 Å². The first-order valence-corrected chi connectivity index (χ1v) is 7.49. The first-order valence-electron chi connectivity index (χ1n) is 7.12. The quantitative estimate of drug-likeness (QED) is 0.775. The fraction of sp³-hybridized carbons (Fsp3) is 0.467. The number of anilines is 1. The predicted octanol–water partition coefficient (Wildman–Crippen LogP) is 1.21. The summed E-state index contributed by atoms with van der Waals surface area (Å²) in [5, 5.41) is 5.68. The fourth-order valence-corrected chi connectivity index (χ4v) is 2.50. The van der Waals surface area contributed by atoms with Gasteiger partial charge in [0.2, 0.25) is 11.8 Å². The minimum atomic E-state index is -0.958. The van der Waals surface area contributed by atoms with E-state index >= 15 is 0 Å². The van der Waals surface area contributed by atoms with Gasteiger partial charge in [-0.2, -0.15) is 0 Å². The van der Waals surface area contributed by atoms with Crippen LogP contribution < -0.4 is 16.4 Å². The summed E-state index contributed by atoms with van der Waals surface area (Å²) >= 11 is 6.04. The molecule has 4 N–H and O–H groups in total. The molecule has 7 heteroatoms. The summed E-state index contributed by atoms with van der Waals surface area (Å²) in [6, 6.07) is 5.32. The van der Waals surface area contributed by atoms with Crippen molar-refractivity contribution in [3.05, 3.63) is 28.8 Å². The molecule has 6 nitrogen and oxygen atoms in total. The van der Waals surface area contributed by atoms with Crippen molar-refractivity contribution in [1.82, 2.24) is 5.32 Å². The average molecular weight is 326 g/mol. The molecular formula is C15H20ClN3O3. The number of carbonyl (C=O) groups excluding carboxylic acids is 2. The van der Waals surface area contributed by atoms with Crippen LogP contribution in [0.4, 0.5) is 5.69 Å². The maximum atomic E-state index is 12.1. The topological polar surface area (TPSA) is 93.5 Å². The molecule has 0 unspecified atom stereocenters. The molecule has 1 saturated heterocycles. The summed E-state index contributed by atoms with van der Waals surface area (Å²) in [6.45, 7) is 2.67. The van der Waals surface area contributed by atoms with Gasteiger partial charge >= 0.3 is 0 Å². The lowest BCUT2D eigenvalue weighted by atomic mass is 9.90. The van der Waals surface area contributed by atoms with E-state index in [0.717, 1.165) is 5.56 Å². The number of hydrogen-bond acceptors (Lipinski definition) is 4. The molecule has 0 radical (unpaired) electrons. The van der Waals surface area contributed by atoms with Crippen molar-refractivity contribution in [2.75, 3.05) is 25.1 Å². The van der Waals surface area contributed by atoms with E-state index in [9.17, 15) is 9.59 Å². The van der Waals surface area contributed by atoms with E-state index < -0.39 is 5.54 Å². The van der Waals surface area contributed by atoms with Crippen LogP contribution >= 0.6 is 11.6 Å². The summed E-state index contributed by atoms with van der Waals surface area (Å²) in [7, 11) is 0. The minimum absolute atomic E-state index is 0.150. The Hall–Kier alpha value is -1.63. The minimum Gasteiger partial charge on any atom is -0.381 e. The Morgan fingerprint density at radius 3 is 2.68 bits per heavy atom. The molecule has 1 aliphatic rings. The molecule has 1 heterocycles. The van der Waals surface area contributed by atoms with Crippen LogP contribution in [-0.4, -0.2) is 37.1 Å². The Morgan fingerprint density at radius 1 is 1.36 bits per heavy atom. The molecule has 1 aromatic rings. The third kappa shape index (κ3) is 4.19. The molecule has 1 fully saturated rings. The van der Waals surface area contributed by atoms with E-state index in [1.807, 2.05) is 13.0 Å². The third-order valence-electron chi connectivity index (χ3n) is 3.65. The zero-order valence-corrected chi connectivity index (χ0v) is 13.2. The highest BCUT2D eigenvalue weighted by Crippen LogP contribution is 2.22. The van der Waals surface area contributed by atoms with Crippen LogP contribution in [0, 0.1) is 6.92 Å². The number of halogens is 1. The van der Waals surface area contributed by atoms with Gasteiger partial charge in [0, 0.05) is 13.2 Å². The number of nitrogens with two attached hydrogens (primary N) is 1. The van der Waals surface area contributed by atoms with Crippen molar-refractivity contribution in [2.45, 2.75) is 25.3 Å². The molecule has 0 atom stereocenters. The van der Waals surface area contributed by atoms with Crippen LogP contribution in [0.1, 0.15) is 18.4 Å². The van der Waals surface area contributed by atoms with E-state index in [2.05, 4.69) is 10.6 Å². The number of rotatable bonds is 4. The van der Waals surface area contributed by atoms with Crippen molar-refractivity contribution in [2.24, 2.45) is 5.73 Å². The average Bonchev–Trinajstić information content (AvgIpc) is 2.48. The summed E-state index contributed by atoms with van der Waals surface area (Å²) < 4.78 is 5.19. The van der Waals surface area contributed by atoms with Crippen molar-refractivity contribution in [1.29, 1.82) is 0 Å². The molecular weight excluding hydrogens is 306 g/mol. The van der Waals surface area contributed by atoms with Crippen molar-refractivity contribution < 1.29 is 14.3 Å². The SMILES string of the molecule is Cc1ccc(NC(=O)CNC(=O)C2(N)CCOCC2)c(Cl)c1. The molecule has 2 rings (SSSR count). The van der Waals surface area contributed by atoms with Crippen molar-refractivity contribution in [3.63, 3.8) is 0 Å². The van der Waals surface area contributed by atoms with Crippen LogP contribution in [0.3, 0.4) is 0 Å². The van der Waals surface area contributed by atoms with Gasteiger partial charge in [0.05, 0.1) is 22.8 Å². The lowest BCUT2D eigenvalue weighted by Crippen LogP contribution is -2.57. The number of carbonyl (C=O) groups is 2.